The first-order valence-electron chi connectivity index (χ1n) is 12.2. The molecule has 0 bridgehead atoms. The van der Waals surface area contributed by atoms with Gasteiger partial charge in [0.15, 0.2) is 11.4 Å². The highest BCUT2D eigenvalue weighted by Crippen LogP contribution is 2.51. The van der Waals surface area contributed by atoms with Crippen LogP contribution < -0.4 is 16.2 Å². The van der Waals surface area contributed by atoms with Crippen molar-refractivity contribution in [3.8, 4) is 11.5 Å². The van der Waals surface area contributed by atoms with Gasteiger partial charge in [0.2, 0.25) is 5.78 Å². The van der Waals surface area contributed by atoms with Crippen LogP contribution in [0.25, 0.3) is 0 Å². The third kappa shape index (κ3) is 3.59. The smallest absolute Gasteiger partial charge is 0.255 e. The first-order chi connectivity index (χ1) is 18.0. The van der Waals surface area contributed by atoms with Crippen LogP contribution in [0.3, 0.4) is 0 Å². The SMILES string of the molecule is COc1cccc(CCc2ccc(O)c3c2CC2CC4[C@H](N)C(O)=C(C(N)=O)C(=O)[C@@]4(O)C(O)=C2C3=O)c1. The summed E-state index contributed by atoms with van der Waals surface area (Å²) in [5, 5.41) is 43.6. The van der Waals surface area contributed by atoms with Gasteiger partial charge in [0.05, 0.1) is 18.7 Å². The van der Waals surface area contributed by atoms with Crippen LogP contribution in [0.4, 0.5) is 0 Å². The van der Waals surface area contributed by atoms with E-state index in [0.29, 0.717) is 18.4 Å². The molecule has 0 radical (unpaired) electrons. The van der Waals surface area contributed by atoms with E-state index in [-0.39, 0.29) is 29.7 Å². The van der Waals surface area contributed by atoms with Gasteiger partial charge in [-0.2, -0.15) is 0 Å². The number of Topliss-reactive ketones (excluding diaryl/α,β-unsaturated/α-hetero) is 2. The fourth-order valence-corrected chi connectivity index (χ4v) is 6.12. The third-order valence-electron chi connectivity index (χ3n) is 8.05. The van der Waals surface area contributed by atoms with Crippen molar-refractivity contribution >= 4 is 17.5 Å². The lowest BCUT2D eigenvalue weighted by molar-refractivity contribution is -0.145. The van der Waals surface area contributed by atoms with Crippen molar-refractivity contribution in [1.29, 1.82) is 0 Å². The number of amides is 1. The Hall–Kier alpha value is -4.15. The van der Waals surface area contributed by atoms with Gasteiger partial charge in [-0.05, 0) is 66.5 Å². The number of fused-ring (bicyclic) bond motifs is 3. The number of allylic oxidation sites excluding steroid dienone is 1. The number of carbonyl (C=O) groups is 3. The number of rotatable bonds is 5. The lowest BCUT2D eigenvalue weighted by Crippen LogP contribution is -2.63. The maximum Gasteiger partial charge on any atom is 0.255 e. The van der Waals surface area contributed by atoms with E-state index in [1.807, 2.05) is 24.3 Å². The first-order valence-corrected chi connectivity index (χ1v) is 12.2. The minimum atomic E-state index is -2.71. The highest BCUT2D eigenvalue weighted by molar-refractivity contribution is 6.24. The lowest BCUT2D eigenvalue weighted by atomic mass is 9.58. The van der Waals surface area contributed by atoms with Crippen molar-refractivity contribution in [3.63, 3.8) is 0 Å². The molecule has 0 saturated heterocycles. The van der Waals surface area contributed by atoms with Crippen LogP contribution in [0.1, 0.15) is 33.5 Å². The van der Waals surface area contributed by atoms with E-state index in [2.05, 4.69) is 0 Å². The van der Waals surface area contributed by atoms with Gasteiger partial charge in [0.1, 0.15) is 28.6 Å². The summed E-state index contributed by atoms with van der Waals surface area (Å²) in [6.07, 6.45) is 1.38. The van der Waals surface area contributed by atoms with Gasteiger partial charge >= 0.3 is 0 Å². The summed E-state index contributed by atoms with van der Waals surface area (Å²) in [4.78, 5) is 38.6. The number of methoxy groups -OCH3 is 1. The zero-order valence-electron chi connectivity index (χ0n) is 20.6. The van der Waals surface area contributed by atoms with Gasteiger partial charge in [-0.25, -0.2) is 0 Å². The third-order valence-corrected chi connectivity index (χ3v) is 8.05. The zero-order valence-corrected chi connectivity index (χ0v) is 20.6. The van der Waals surface area contributed by atoms with Crippen LogP contribution in [-0.4, -0.2) is 56.7 Å². The van der Waals surface area contributed by atoms with E-state index < -0.39 is 58.0 Å². The molecule has 0 spiro atoms. The summed E-state index contributed by atoms with van der Waals surface area (Å²) < 4.78 is 5.28. The van der Waals surface area contributed by atoms with Crippen molar-refractivity contribution in [3.05, 3.63) is 81.3 Å². The fourth-order valence-electron chi connectivity index (χ4n) is 6.12. The molecule has 3 aliphatic carbocycles. The highest BCUT2D eigenvalue weighted by atomic mass is 16.5. The Bertz CT molecular complexity index is 1460. The average Bonchev–Trinajstić information content (AvgIpc) is 2.88. The minimum absolute atomic E-state index is 0.00550. The van der Waals surface area contributed by atoms with Crippen molar-refractivity contribution < 1.29 is 39.5 Å². The van der Waals surface area contributed by atoms with Crippen molar-refractivity contribution in [2.45, 2.75) is 37.3 Å². The van der Waals surface area contributed by atoms with Crippen molar-refractivity contribution in [1.82, 2.24) is 0 Å². The Labute approximate surface area is 217 Å². The Morgan fingerprint density at radius 3 is 2.55 bits per heavy atom. The molecule has 3 aliphatic rings. The summed E-state index contributed by atoms with van der Waals surface area (Å²) in [6.45, 7) is 0. The number of carbonyl (C=O) groups excluding carboxylic acids is 3. The molecule has 8 N–H and O–H groups in total. The van der Waals surface area contributed by atoms with Crippen molar-refractivity contribution in [2.75, 3.05) is 7.11 Å². The topological polar surface area (TPSA) is 193 Å². The number of phenols is 1. The monoisotopic (exact) mass is 520 g/mol. The van der Waals surface area contributed by atoms with Gasteiger partial charge in [-0.3, -0.25) is 14.4 Å². The van der Waals surface area contributed by atoms with Crippen LogP contribution in [0.15, 0.2) is 59.1 Å². The van der Waals surface area contributed by atoms with Gasteiger partial charge in [-0.15, -0.1) is 0 Å². The lowest BCUT2D eigenvalue weighted by Gasteiger charge is -2.47. The van der Waals surface area contributed by atoms with Gasteiger partial charge in [0.25, 0.3) is 5.91 Å². The molecule has 2 aromatic rings. The molecule has 0 saturated carbocycles. The van der Waals surface area contributed by atoms with E-state index in [0.717, 1.165) is 16.9 Å². The predicted octanol–water partition coefficient (Wildman–Crippen LogP) is 1.31. The molecule has 2 unspecified atom stereocenters. The Kier molecular flexibility index (Phi) is 6.04. The summed E-state index contributed by atoms with van der Waals surface area (Å²) in [5.41, 5.74) is 9.96. The minimum Gasteiger partial charge on any atom is -0.510 e. The predicted molar refractivity (Wildman–Crippen MR) is 135 cm³/mol. The van der Waals surface area contributed by atoms with Crippen LogP contribution in [0.5, 0.6) is 11.5 Å². The maximum absolute atomic E-state index is 13.7. The molecular formula is C28H28N2O8. The van der Waals surface area contributed by atoms with Crippen molar-refractivity contribution in [2.24, 2.45) is 23.3 Å². The number of ether oxygens (including phenoxy) is 1. The summed E-state index contributed by atoms with van der Waals surface area (Å²) in [5.74, 6) is -6.46. The number of aryl methyl sites for hydroxylation is 2. The van der Waals surface area contributed by atoms with E-state index in [1.165, 1.54) is 6.07 Å². The number of hydrogen-bond acceptors (Lipinski definition) is 9. The molecule has 10 nitrogen and oxygen atoms in total. The largest absolute Gasteiger partial charge is 0.510 e. The van der Waals surface area contributed by atoms with Gasteiger partial charge in [-0.1, -0.05) is 18.2 Å². The number of hydrogen-bond donors (Lipinski definition) is 6. The molecule has 0 heterocycles. The number of benzene rings is 2. The molecule has 1 amide bonds. The molecule has 0 fully saturated rings. The summed E-state index contributed by atoms with van der Waals surface area (Å²) >= 11 is 0. The standard InChI is InChI=1S/C28H28N2O8/c1-38-15-4-2-3-12(9-15)5-6-13-7-8-18(31)20-16(13)10-14-11-17-22(29)24(33)21(27(30)36)26(35)28(17,37)25(34)19(14)23(20)32/h2-4,7-9,14,17,22,31,33-34,37H,5-6,10-11,29H2,1H3,(H2,30,36)/t14?,17?,22-,28-/m0/s1. The van der Waals surface area contributed by atoms with Gasteiger partial charge in [0, 0.05) is 11.5 Å². The number of primary amides is 1. The Balaban J connectivity index is 1.56. The average molecular weight is 521 g/mol. The Morgan fingerprint density at radius 1 is 1.13 bits per heavy atom. The quantitative estimate of drug-likeness (QED) is 0.315. The van der Waals surface area contributed by atoms with Crippen LogP contribution >= 0.6 is 0 Å². The number of ketones is 2. The second-order valence-corrected chi connectivity index (χ2v) is 10.0. The summed E-state index contributed by atoms with van der Waals surface area (Å²) in [7, 11) is 1.59. The molecule has 38 heavy (non-hydrogen) atoms. The Morgan fingerprint density at radius 2 is 1.87 bits per heavy atom. The number of phenolic OH excluding ortho intramolecular Hbond substituents is 1. The van der Waals surface area contributed by atoms with Crippen LogP contribution in [0, 0.1) is 11.8 Å². The molecule has 5 rings (SSSR count). The highest BCUT2D eigenvalue weighted by Gasteiger charge is 2.62. The maximum atomic E-state index is 13.7. The van der Waals surface area contributed by atoms with Crippen LogP contribution in [0.2, 0.25) is 0 Å². The molecule has 0 aliphatic heterocycles. The fraction of sp³-hybridized carbons (Fsp3) is 0.321. The molecular weight excluding hydrogens is 492 g/mol. The molecule has 4 atom stereocenters. The molecule has 2 aromatic carbocycles. The number of nitrogens with two attached hydrogens (primary N) is 2. The zero-order chi connectivity index (χ0) is 27.5. The first kappa shape index (κ1) is 25.5. The number of aliphatic hydroxyl groups excluding tert-OH is 2. The normalized spacial score (nSPS) is 26.6. The van der Waals surface area contributed by atoms with E-state index in [1.54, 1.807) is 13.2 Å². The second-order valence-electron chi connectivity index (χ2n) is 10.0. The van der Waals surface area contributed by atoms with E-state index in [4.69, 9.17) is 16.2 Å². The summed E-state index contributed by atoms with van der Waals surface area (Å²) in [6, 6.07) is 9.38. The van der Waals surface area contributed by atoms with Crippen LogP contribution in [-0.2, 0) is 28.9 Å². The second kappa shape index (κ2) is 9.00. The molecule has 198 valence electrons. The number of aromatic hydroxyl groups is 1. The molecule has 10 heteroatoms. The molecule has 0 aromatic heterocycles. The van der Waals surface area contributed by atoms with E-state index in [9.17, 15) is 34.8 Å². The van der Waals surface area contributed by atoms with E-state index >= 15 is 0 Å². The number of aliphatic hydroxyl groups is 3. The van der Waals surface area contributed by atoms with Gasteiger partial charge < -0.3 is 36.6 Å².